The molecule has 0 radical (unpaired) electrons. The monoisotopic (exact) mass is 314 g/mol. The van der Waals surface area contributed by atoms with E-state index in [0.717, 1.165) is 0 Å². The summed E-state index contributed by atoms with van der Waals surface area (Å²) in [4.78, 5) is 4.21. The Kier molecular flexibility index (Phi) is 4.61. The second-order valence-corrected chi connectivity index (χ2v) is 6.47. The third-order valence-electron chi connectivity index (χ3n) is 2.58. The number of alkyl halides is 1. The summed E-state index contributed by atoms with van der Waals surface area (Å²) in [5.74, 6) is 1.42. The van der Waals surface area contributed by atoms with Crippen molar-refractivity contribution >= 4 is 27.3 Å². The van der Waals surface area contributed by atoms with Gasteiger partial charge in [0.1, 0.15) is 5.82 Å². The van der Waals surface area contributed by atoms with Crippen LogP contribution in [0.15, 0.2) is 24.3 Å². The first-order valence-corrected chi connectivity index (χ1v) is 8.25. The zero-order valence-electron chi connectivity index (χ0n) is 10.9. The number of aryl methyl sites for hydroxylation is 1. The van der Waals surface area contributed by atoms with Crippen LogP contribution in [0.3, 0.4) is 0 Å². The van der Waals surface area contributed by atoms with Gasteiger partial charge in [0.2, 0.25) is 10.0 Å². The smallest absolute Gasteiger partial charge is 0.232 e. The number of nitrogens with one attached hydrogen (secondary N) is 2. The molecule has 0 bridgehead atoms. The van der Waals surface area contributed by atoms with Crippen molar-refractivity contribution in [3.63, 3.8) is 0 Å². The number of sulfonamides is 1. The van der Waals surface area contributed by atoms with Gasteiger partial charge in [-0.3, -0.25) is 9.82 Å². The van der Waals surface area contributed by atoms with E-state index in [9.17, 15) is 8.42 Å². The lowest BCUT2D eigenvalue weighted by Crippen LogP contribution is -2.17. The quantitative estimate of drug-likeness (QED) is 0.800. The van der Waals surface area contributed by atoms with E-state index >= 15 is 0 Å². The van der Waals surface area contributed by atoms with E-state index in [1.54, 1.807) is 31.2 Å². The van der Waals surface area contributed by atoms with Gasteiger partial charge in [-0.1, -0.05) is 12.1 Å². The minimum atomic E-state index is -3.42. The maximum Gasteiger partial charge on any atom is 0.232 e. The van der Waals surface area contributed by atoms with Gasteiger partial charge in [0.25, 0.3) is 0 Å². The third kappa shape index (κ3) is 3.71. The molecule has 0 saturated carbocycles. The average molecular weight is 315 g/mol. The Morgan fingerprint density at radius 2 is 2.10 bits per heavy atom. The Balaban J connectivity index is 2.29. The van der Waals surface area contributed by atoms with E-state index in [-0.39, 0.29) is 5.75 Å². The van der Waals surface area contributed by atoms with Crippen LogP contribution in [0.5, 0.6) is 0 Å². The molecule has 2 rings (SSSR count). The predicted octanol–water partition coefficient (Wildman–Crippen LogP) is 2.15. The van der Waals surface area contributed by atoms with Crippen LogP contribution in [0, 0.1) is 6.92 Å². The molecule has 0 spiro atoms. The fourth-order valence-electron chi connectivity index (χ4n) is 1.69. The van der Waals surface area contributed by atoms with Crippen LogP contribution in [0.25, 0.3) is 11.4 Å². The SMILES string of the molecule is Cc1nc(-c2ccccc2NS(=O)(=O)CCCCl)n[nH]1. The number of para-hydroxylation sites is 1. The number of hydrogen-bond donors (Lipinski definition) is 2. The molecule has 108 valence electrons. The molecular formula is C12H15ClN4O2S. The predicted molar refractivity (Wildman–Crippen MR) is 79.3 cm³/mol. The van der Waals surface area contributed by atoms with E-state index < -0.39 is 10.0 Å². The molecule has 1 aromatic carbocycles. The molecule has 0 aliphatic rings. The lowest BCUT2D eigenvalue weighted by Gasteiger charge is -2.10. The fourth-order valence-corrected chi connectivity index (χ4v) is 3.12. The van der Waals surface area contributed by atoms with Gasteiger partial charge in [-0.25, -0.2) is 13.4 Å². The highest BCUT2D eigenvalue weighted by atomic mass is 35.5. The van der Waals surface area contributed by atoms with Crippen molar-refractivity contribution in [1.29, 1.82) is 0 Å². The average Bonchev–Trinajstić information content (AvgIpc) is 2.83. The van der Waals surface area contributed by atoms with Crippen molar-refractivity contribution in [2.45, 2.75) is 13.3 Å². The van der Waals surface area contributed by atoms with Gasteiger partial charge in [-0.15, -0.1) is 11.6 Å². The highest BCUT2D eigenvalue weighted by Crippen LogP contribution is 2.25. The zero-order chi connectivity index (χ0) is 14.6. The Hall–Kier alpha value is -1.60. The standard InChI is InChI=1S/C12H15ClN4O2S/c1-9-14-12(16-15-9)10-5-2-3-6-11(10)17-20(18,19)8-4-7-13/h2-3,5-6,17H,4,7-8H2,1H3,(H,14,15,16). The molecule has 0 saturated heterocycles. The molecule has 0 atom stereocenters. The summed E-state index contributed by atoms with van der Waals surface area (Å²) < 4.78 is 26.4. The van der Waals surface area contributed by atoms with Crippen molar-refractivity contribution < 1.29 is 8.42 Å². The molecule has 1 aromatic heterocycles. The molecule has 20 heavy (non-hydrogen) atoms. The molecule has 0 fully saturated rings. The van der Waals surface area contributed by atoms with Crippen molar-refractivity contribution in [1.82, 2.24) is 15.2 Å². The molecule has 2 aromatic rings. The summed E-state index contributed by atoms with van der Waals surface area (Å²) in [7, 11) is -3.42. The molecule has 2 N–H and O–H groups in total. The Bertz CT molecular complexity index is 684. The van der Waals surface area contributed by atoms with Gasteiger partial charge in [-0.2, -0.15) is 5.10 Å². The summed E-state index contributed by atoms with van der Waals surface area (Å²) in [5.41, 5.74) is 1.09. The van der Waals surface area contributed by atoms with Crippen molar-refractivity contribution in [3.8, 4) is 11.4 Å². The second kappa shape index (κ2) is 6.23. The molecular weight excluding hydrogens is 300 g/mol. The van der Waals surface area contributed by atoms with E-state index in [2.05, 4.69) is 19.9 Å². The summed E-state index contributed by atoms with van der Waals surface area (Å²) >= 11 is 5.52. The number of hydrogen-bond acceptors (Lipinski definition) is 4. The molecule has 8 heteroatoms. The summed E-state index contributed by atoms with van der Waals surface area (Å²) in [5, 5.41) is 6.78. The van der Waals surface area contributed by atoms with Crippen LogP contribution >= 0.6 is 11.6 Å². The normalized spacial score (nSPS) is 11.5. The topological polar surface area (TPSA) is 87.7 Å². The van der Waals surface area contributed by atoms with Crippen LogP contribution in [-0.4, -0.2) is 35.2 Å². The first-order chi connectivity index (χ1) is 9.52. The fraction of sp³-hybridized carbons (Fsp3) is 0.333. The van der Waals surface area contributed by atoms with Crippen LogP contribution < -0.4 is 4.72 Å². The van der Waals surface area contributed by atoms with E-state index in [1.165, 1.54) is 0 Å². The van der Waals surface area contributed by atoms with E-state index in [1.807, 2.05) is 0 Å². The van der Waals surface area contributed by atoms with Crippen LogP contribution in [0.4, 0.5) is 5.69 Å². The molecule has 6 nitrogen and oxygen atoms in total. The van der Waals surface area contributed by atoms with Crippen molar-refractivity contribution in [2.24, 2.45) is 0 Å². The minimum Gasteiger partial charge on any atom is -0.283 e. The molecule has 0 unspecified atom stereocenters. The first kappa shape index (κ1) is 14.8. The van der Waals surface area contributed by atoms with Gasteiger partial charge in [0, 0.05) is 11.4 Å². The third-order valence-corrected chi connectivity index (χ3v) is 4.20. The Morgan fingerprint density at radius 1 is 1.35 bits per heavy atom. The zero-order valence-corrected chi connectivity index (χ0v) is 12.5. The Labute approximate surface area is 122 Å². The van der Waals surface area contributed by atoms with Crippen molar-refractivity contribution in [3.05, 3.63) is 30.1 Å². The number of benzene rings is 1. The molecule has 0 aliphatic carbocycles. The highest BCUT2D eigenvalue weighted by molar-refractivity contribution is 7.92. The Morgan fingerprint density at radius 3 is 2.75 bits per heavy atom. The van der Waals surface area contributed by atoms with Crippen molar-refractivity contribution in [2.75, 3.05) is 16.4 Å². The lowest BCUT2D eigenvalue weighted by atomic mass is 10.2. The number of anilines is 1. The van der Waals surface area contributed by atoms with Crippen LogP contribution in [0.1, 0.15) is 12.2 Å². The number of halogens is 1. The highest BCUT2D eigenvalue weighted by Gasteiger charge is 2.15. The number of nitrogens with zero attached hydrogens (tertiary/aromatic N) is 2. The number of aromatic nitrogens is 3. The van der Waals surface area contributed by atoms with Gasteiger partial charge < -0.3 is 0 Å². The summed E-state index contributed by atoms with van der Waals surface area (Å²) in [6, 6.07) is 7.00. The minimum absolute atomic E-state index is 0.0160. The van der Waals surface area contributed by atoms with Crippen LogP contribution in [-0.2, 0) is 10.0 Å². The maximum absolute atomic E-state index is 11.9. The number of H-pyrrole nitrogens is 1. The summed E-state index contributed by atoms with van der Waals surface area (Å²) in [6.45, 7) is 1.78. The largest absolute Gasteiger partial charge is 0.283 e. The number of rotatable bonds is 6. The number of aromatic amines is 1. The van der Waals surface area contributed by atoms with Gasteiger partial charge in [-0.05, 0) is 25.5 Å². The maximum atomic E-state index is 11.9. The van der Waals surface area contributed by atoms with E-state index in [4.69, 9.17) is 11.6 Å². The van der Waals surface area contributed by atoms with E-state index in [0.29, 0.717) is 35.2 Å². The first-order valence-electron chi connectivity index (χ1n) is 6.07. The molecule has 0 amide bonds. The van der Waals surface area contributed by atoms with Gasteiger partial charge in [0.05, 0.1) is 11.4 Å². The lowest BCUT2D eigenvalue weighted by molar-refractivity contribution is 0.600. The van der Waals surface area contributed by atoms with Crippen LogP contribution in [0.2, 0.25) is 0 Å². The summed E-state index contributed by atoms with van der Waals surface area (Å²) in [6.07, 6.45) is 0.402. The second-order valence-electron chi connectivity index (χ2n) is 4.25. The van der Waals surface area contributed by atoms with Gasteiger partial charge in [0.15, 0.2) is 5.82 Å². The molecule has 0 aliphatic heterocycles. The van der Waals surface area contributed by atoms with Gasteiger partial charge >= 0.3 is 0 Å². The molecule has 1 heterocycles.